The molecule has 4 N–H and O–H groups in total. The SMILES string of the molecule is Nc1cc(N2C(=O)c3cccnc3Oc3cc(NC(=O)Nc4ccc(Cl)c(C(F)(F)F)c4)ccc32)ccn1. The number of nitrogens with two attached hydrogens (primary N) is 1. The van der Waals surface area contributed by atoms with Crippen LogP contribution in [0.2, 0.25) is 5.02 Å². The number of nitrogens with one attached hydrogen (secondary N) is 2. The number of carbonyl (C=O) groups excluding carboxylic acids is 2. The minimum Gasteiger partial charge on any atom is -0.436 e. The van der Waals surface area contributed by atoms with Crippen molar-refractivity contribution in [1.29, 1.82) is 0 Å². The van der Waals surface area contributed by atoms with Crippen LogP contribution < -0.4 is 26.0 Å². The Morgan fingerprint density at radius 2 is 1.71 bits per heavy atom. The van der Waals surface area contributed by atoms with E-state index < -0.39 is 28.7 Å². The first kappa shape index (κ1) is 24.8. The van der Waals surface area contributed by atoms with Crippen molar-refractivity contribution in [2.45, 2.75) is 6.18 Å². The lowest BCUT2D eigenvalue weighted by Gasteiger charge is -2.22. The van der Waals surface area contributed by atoms with Crippen LogP contribution in [0.25, 0.3) is 0 Å². The Balaban J connectivity index is 1.46. The Hall–Kier alpha value is -4.84. The molecule has 3 amide bonds. The van der Waals surface area contributed by atoms with Crippen LogP contribution >= 0.6 is 11.6 Å². The molecular formula is C25H16ClF3N6O3. The van der Waals surface area contributed by atoms with E-state index in [2.05, 4.69) is 20.6 Å². The van der Waals surface area contributed by atoms with Crippen LogP contribution in [0.1, 0.15) is 15.9 Å². The zero-order valence-electron chi connectivity index (χ0n) is 19.1. The molecule has 4 aromatic rings. The average molecular weight is 541 g/mol. The number of urea groups is 1. The third kappa shape index (κ3) is 4.89. The second-order valence-corrected chi connectivity index (χ2v) is 8.40. The first-order valence-corrected chi connectivity index (χ1v) is 11.3. The van der Waals surface area contributed by atoms with Gasteiger partial charge in [0.1, 0.15) is 11.4 Å². The van der Waals surface area contributed by atoms with E-state index in [0.717, 1.165) is 12.1 Å². The van der Waals surface area contributed by atoms with Gasteiger partial charge < -0.3 is 21.1 Å². The molecule has 0 fully saturated rings. The summed E-state index contributed by atoms with van der Waals surface area (Å²) < 4.78 is 45.4. The number of aromatic nitrogens is 2. The lowest BCUT2D eigenvalue weighted by atomic mass is 10.2. The second-order valence-electron chi connectivity index (χ2n) is 7.99. The number of ether oxygens (including phenoxy) is 1. The van der Waals surface area contributed by atoms with Crippen molar-refractivity contribution in [3.63, 3.8) is 0 Å². The van der Waals surface area contributed by atoms with Gasteiger partial charge in [0.25, 0.3) is 5.91 Å². The molecule has 1 aliphatic heterocycles. The van der Waals surface area contributed by atoms with Crippen LogP contribution in [0.4, 0.5) is 46.5 Å². The van der Waals surface area contributed by atoms with Gasteiger partial charge in [0.2, 0.25) is 5.88 Å². The maximum absolute atomic E-state index is 13.5. The second kappa shape index (κ2) is 9.56. The highest BCUT2D eigenvalue weighted by molar-refractivity contribution is 6.31. The molecule has 3 heterocycles. The van der Waals surface area contributed by atoms with Crippen molar-refractivity contribution < 1.29 is 27.5 Å². The molecule has 0 aliphatic carbocycles. The van der Waals surface area contributed by atoms with E-state index in [-0.39, 0.29) is 34.4 Å². The van der Waals surface area contributed by atoms with E-state index in [9.17, 15) is 22.8 Å². The van der Waals surface area contributed by atoms with Crippen LogP contribution in [-0.4, -0.2) is 21.9 Å². The predicted molar refractivity (Wildman–Crippen MR) is 135 cm³/mol. The van der Waals surface area contributed by atoms with E-state index in [0.29, 0.717) is 11.4 Å². The summed E-state index contributed by atoms with van der Waals surface area (Å²) in [6.07, 6.45) is -1.77. The number of nitrogens with zero attached hydrogens (tertiary/aromatic N) is 3. The van der Waals surface area contributed by atoms with E-state index >= 15 is 0 Å². The fourth-order valence-electron chi connectivity index (χ4n) is 3.77. The molecule has 5 rings (SSSR count). The van der Waals surface area contributed by atoms with Crippen LogP contribution in [0.15, 0.2) is 73.1 Å². The van der Waals surface area contributed by atoms with Crippen molar-refractivity contribution in [2.24, 2.45) is 0 Å². The molecule has 0 saturated heterocycles. The fraction of sp³-hybridized carbons (Fsp3) is 0.0400. The van der Waals surface area contributed by atoms with Crippen LogP contribution in [0.5, 0.6) is 11.6 Å². The first-order chi connectivity index (χ1) is 18.1. The number of alkyl halides is 3. The summed E-state index contributed by atoms with van der Waals surface area (Å²) in [7, 11) is 0. The molecule has 2 aromatic carbocycles. The molecular weight excluding hydrogens is 525 g/mol. The van der Waals surface area contributed by atoms with Crippen molar-refractivity contribution in [3.05, 3.63) is 89.2 Å². The van der Waals surface area contributed by atoms with E-state index in [1.54, 1.807) is 18.2 Å². The maximum atomic E-state index is 13.5. The minimum atomic E-state index is -4.69. The van der Waals surface area contributed by atoms with Crippen LogP contribution in [-0.2, 0) is 6.18 Å². The highest BCUT2D eigenvalue weighted by Gasteiger charge is 2.34. The molecule has 0 bridgehead atoms. The topological polar surface area (TPSA) is 122 Å². The summed E-state index contributed by atoms with van der Waals surface area (Å²) in [6.45, 7) is 0. The molecule has 38 heavy (non-hydrogen) atoms. The van der Waals surface area contributed by atoms with Crippen molar-refractivity contribution in [3.8, 4) is 11.6 Å². The highest BCUT2D eigenvalue weighted by atomic mass is 35.5. The smallest absolute Gasteiger partial charge is 0.417 e. The van der Waals surface area contributed by atoms with Crippen LogP contribution in [0.3, 0.4) is 0 Å². The summed E-state index contributed by atoms with van der Waals surface area (Å²) in [6, 6.07) is 12.9. The van der Waals surface area contributed by atoms with Gasteiger partial charge >= 0.3 is 12.2 Å². The lowest BCUT2D eigenvalue weighted by Crippen LogP contribution is -2.25. The number of anilines is 5. The summed E-state index contributed by atoms with van der Waals surface area (Å²) in [4.78, 5) is 35.5. The molecule has 0 saturated carbocycles. The van der Waals surface area contributed by atoms with Gasteiger partial charge in [-0.25, -0.2) is 14.8 Å². The Bertz CT molecular complexity index is 1580. The molecule has 0 unspecified atom stereocenters. The van der Waals surface area contributed by atoms with Gasteiger partial charge in [-0.1, -0.05) is 11.6 Å². The summed E-state index contributed by atoms with van der Waals surface area (Å²) >= 11 is 5.63. The number of halogens is 4. The van der Waals surface area contributed by atoms with E-state index in [1.165, 1.54) is 47.6 Å². The molecule has 192 valence electrons. The molecule has 2 aromatic heterocycles. The number of hydrogen-bond donors (Lipinski definition) is 3. The monoisotopic (exact) mass is 540 g/mol. The van der Waals surface area contributed by atoms with Crippen molar-refractivity contribution >= 4 is 52.1 Å². The Kier molecular flexibility index (Phi) is 6.25. The Morgan fingerprint density at radius 1 is 0.974 bits per heavy atom. The number of nitrogen functional groups attached to an aromatic ring is 1. The highest BCUT2D eigenvalue weighted by Crippen LogP contribution is 2.43. The third-order valence-corrected chi connectivity index (χ3v) is 5.75. The number of carbonyl (C=O) groups is 2. The normalized spacial score (nSPS) is 12.6. The van der Waals surface area contributed by atoms with E-state index in [4.69, 9.17) is 22.1 Å². The molecule has 0 radical (unpaired) electrons. The first-order valence-electron chi connectivity index (χ1n) is 10.9. The quantitative estimate of drug-likeness (QED) is 0.274. The molecule has 9 nitrogen and oxygen atoms in total. The largest absolute Gasteiger partial charge is 0.436 e. The Labute approximate surface area is 218 Å². The summed E-state index contributed by atoms with van der Waals surface area (Å²) in [5.74, 6) is -0.0149. The molecule has 0 atom stereocenters. The number of rotatable bonds is 3. The van der Waals surface area contributed by atoms with Crippen LogP contribution in [0, 0.1) is 0 Å². The zero-order chi connectivity index (χ0) is 27.0. The molecule has 13 heteroatoms. The standard InChI is InChI=1S/C25H16ClF3N6O3/c26-18-5-3-13(10-17(18)25(27,28)29)33-24(37)34-14-4-6-19-20(11-14)38-22-16(2-1-8-32-22)23(36)35(19)15-7-9-31-21(30)12-15/h1-12H,(H2,30,31)(H2,33,34,37). The maximum Gasteiger partial charge on any atom is 0.417 e. The third-order valence-electron chi connectivity index (χ3n) is 5.42. The average Bonchev–Trinajstić information content (AvgIpc) is 2.98. The van der Waals surface area contributed by atoms with Gasteiger partial charge in [-0.15, -0.1) is 0 Å². The van der Waals surface area contributed by atoms with E-state index in [1.807, 2.05) is 0 Å². The van der Waals surface area contributed by atoms with Gasteiger partial charge in [0.15, 0.2) is 5.75 Å². The van der Waals surface area contributed by atoms with Crippen molar-refractivity contribution in [1.82, 2.24) is 9.97 Å². The number of hydrogen-bond acceptors (Lipinski definition) is 6. The number of benzene rings is 2. The van der Waals surface area contributed by atoms with Gasteiger partial charge in [0.05, 0.1) is 22.0 Å². The van der Waals surface area contributed by atoms with Gasteiger partial charge in [-0.2, -0.15) is 13.2 Å². The van der Waals surface area contributed by atoms with Gasteiger partial charge in [0, 0.05) is 35.9 Å². The number of fused-ring (bicyclic) bond motifs is 2. The van der Waals surface area contributed by atoms with Gasteiger partial charge in [-0.3, -0.25) is 9.69 Å². The zero-order valence-corrected chi connectivity index (χ0v) is 19.8. The van der Waals surface area contributed by atoms with Crippen molar-refractivity contribution in [2.75, 3.05) is 21.3 Å². The molecule has 1 aliphatic rings. The molecule has 0 spiro atoms. The minimum absolute atomic E-state index is 0.0470. The lowest BCUT2D eigenvalue weighted by molar-refractivity contribution is -0.137. The fourth-order valence-corrected chi connectivity index (χ4v) is 4.00. The predicted octanol–water partition coefficient (Wildman–Crippen LogP) is 6.46. The Morgan fingerprint density at radius 3 is 2.45 bits per heavy atom. The summed E-state index contributed by atoms with van der Waals surface area (Å²) in [5, 5.41) is 4.38. The number of amides is 3. The van der Waals surface area contributed by atoms with Gasteiger partial charge in [-0.05, 0) is 48.5 Å². The summed E-state index contributed by atoms with van der Waals surface area (Å²) in [5.41, 5.74) is 5.81. The number of pyridine rings is 2.